The molecule has 1 aliphatic carbocycles. The summed E-state index contributed by atoms with van der Waals surface area (Å²) in [4.78, 5) is 20.9. The van der Waals surface area contributed by atoms with Crippen molar-refractivity contribution in [3.05, 3.63) is 23.3 Å². The first kappa shape index (κ1) is 12.5. The van der Waals surface area contributed by atoms with Gasteiger partial charge in [-0.1, -0.05) is 0 Å². The molecule has 1 saturated heterocycles. The zero-order valence-corrected chi connectivity index (χ0v) is 11.2. The van der Waals surface area contributed by atoms with Crippen molar-refractivity contribution < 1.29 is 9.53 Å². The second kappa shape index (κ2) is 5.25. The lowest BCUT2D eigenvalue weighted by Gasteiger charge is -2.11. The standard InChI is InChI=1S/C14H19N3O2/c1-9-7-12(17-13(16-9)10-4-5-10)14(18)15-8-11-3-2-6-19-11/h7,10-11H,2-6,8H2,1H3,(H,15,18). The van der Waals surface area contributed by atoms with Crippen molar-refractivity contribution in [2.75, 3.05) is 13.2 Å². The summed E-state index contributed by atoms with van der Waals surface area (Å²) >= 11 is 0. The Bertz CT molecular complexity index is 480. The molecular formula is C14H19N3O2. The smallest absolute Gasteiger partial charge is 0.270 e. The van der Waals surface area contributed by atoms with Crippen molar-refractivity contribution in [1.82, 2.24) is 15.3 Å². The number of hydrogen-bond donors (Lipinski definition) is 1. The number of nitrogens with zero attached hydrogens (tertiary/aromatic N) is 2. The average molecular weight is 261 g/mol. The molecule has 5 heteroatoms. The summed E-state index contributed by atoms with van der Waals surface area (Å²) in [6.45, 7) is 3.28. The van der Waals surface area contributed by atoms with Crippen LogP contribution in [0.5, 0.6) is 0 Å². The molecule has 2 heterocycles. The maximum atomic E-state index is 12.1. The topological polar surface area (TPSA) is 64.1 Å². The number of carbonyl (C=O) groups excluding carboxylic acids is 1. The molecule has 0 aromatic carbocycles. The van der Waals surface area contributed by atoms with Crippen LogP contribution in [0, 0.1) is 6.92 Å². The van der Waals surface area contributed by atoms with E-state index in [1.807, 2.05) is 6.92 Å². The van der Waals surface area contributed by atoms with Gasteiger partial charge < -0.3 is 10.1 Å². The monoisotopic (exact) mass is 261 g/mol. The average Bonchev–Trinajstić information content (AvgIpc) is 3.13. The summed E-state index contributed by atoms with van der Waals surface area (Å²) in [5.41, 5.74) is 1.34. The first-order valence-corrected chi connectivity index (χ1v) is 6.98. The molecule has 3 rings (SSSR count). The first-order valence-electron chi connectivity index (χ1n) is 6.98. The van der Waals surface area contributed by atoms with Crippen LogP contribution in [-0.2, 0) is 4.74 Å². The molecule has 2 aliphatic rings. The largest absolute Gasteiger partial charge is 0.376 e. The van der Waals surface area contributed by atoms with Gasteiger partial charge in [0.25, 0.3) is 5.91 Å². The van der Waals surface area contributed by atoms with Crippen LogP contribution in [0.15, 0.2) is 6.07 Å². The highest BCUT2D eigenvalue weighted by molar-refractivity contribution is 5.92. The number of rotatable bonds is 4. The van der Waals surface area contributed by atoms with Crippen molar-refractivity contribution in [2.45, 2.75) is 44.6 Å². The van der Waals surface area contributed by atoms with Crippen LogP contribution in [0.3, 0.4) is 0 Å². The number of ether oxygens (including phenoxy) is 1. The van der Waals surface area contributed by atoms with Crippen LogP contribution in [-0.4, -0.2) is 35.1 Å². The van der Waals surface area contributed by atoms with Gasteiger partial charge in [-0.05, 0) is 38.7 Å². The summed E-state index contributed by atoms with van der Waals surface area (Å²) in [7, 11) is 0. The zero-order valence-electron chi connectivity index (χ0n) is 11.2. The molecule has 2 fully saturated rings. The summed E-state index contributed by atoms with van der Waals surface area (Å²) in [5.74, 6) is 1.16. The highest BCUT2D eigenvalue weighted by atomic mass is 16.5. The van der Waals surface area contributed by atoms with Gasteiger partial charge in [-0.25, -0.2) is 9.97 Å². The number of aryl methyl sites for hydroxylation is 1. The fraction of sp³-hybridized carbons (Fsp3) is 0.643. The van der Waals surface area contributed by atoms with Gasteiger partial charge in [-0.2, -0.15) is 0 Å². The molecule has 1 atom stereocenters. The second-order valence-electron chi connectivity index (χ2n) is 5.37. The van der Waals surface area contributed by atoms with Crippen molar-refractivity contribution in [3.63, 3.8) is 0 Å². The first-order chi connectivity index (χ1) is 9.22. The van der Waals surface area contributed by atoms with E-state index in [1.54, 1.807) is 6.07 Å². The summed E-state index contributed by atoms with van der Waals surface area (Å²) in [6, 6.07) is 1.75. The molecule has 1 saturated carbocycles. The Balaban J connectivity index is 1.64. The van der Waals surface area contributed by atoms with E-state index in [4.69, 9.17) is 4.74 Å². The Morgan fingerprint density at radius 2 is 2.26 bits per heavy atom. The summed E-state index contributed by atoms with van der Waals surface area (Å²) in [6.07, 6.45) is 4.55. The molecule has 1 aromatic heterocycles. The fourth-order valence-electron chi connectivity index (χ4n) is 2.33. The SMILES string of the molecule is Cc1cc(C(=O)NCC2CCCO2)nc(C2CC2)n1. The molecule has 0 bridgehead atoms. The van der Waals surface area contributed by atoms with E-state index in [0.717, 1.165) is 43.8 Å². The van der Waals surface area contributed by atoms with Crippen LogP contribution in [0.4, 0.5) is 0 Å². The Hall–Kier alpha value is -1.49. The quantitative estimate of drug-likeness (QED) is 0.893. The third-order valence-electron chi connectivity index (χ3n) is 3.56. The molecule has 1 unspecified atom stereocenters. The zero-order chi connectivity index (χ0) is 13.2. The highest BCUT2D eigenvalue weighted by Crippen LogP contribution is 2.37. The third-order valence-corrected chi connectivity index (χ3v) is 3.56. The minimum Gasteiger partial charge on any atom is -0.376 e. The lowest BCUT2D eigenvalue weighted by molar-refractivity contribution is 0.0853. The maximum Gasteiger partial charge on any atom is 0.270 e. The van der Waals surface area contributed by atoms with Gasteiger partial charge in [0, 0.05) is 24.8 Å². The number of aromatic nitrogens is 2. The van der Waals surface area contributed by atoms with Crippen molar-refractivity contribution >= 4 is 5.91 Å². The molecule has 1 N–H and O–H groups in total. The summed E-state index contributed by atoms with van der Waals surface area (Å²) < 4.78 is 5.49. The fourth-order valence-corrected chi connectivity index (χ4v) is 2.33. The van der Waals surface area contributed by atoms with E-state index in [9.17, 15) is 4.79 Å². The van der Waals surface area contributed by atoms with Crippen molar-refractivity contribution in [2.24, 2.45) is 0 Å². The molecule has 0 radical (unpaired) electrons. The molecule has 102 valence electrons. The van der Waals surface area contributed by atoms with Crippen LogP contribution < -0.4 is 5.32 Å². The van der Waals surface area contributed by atoms with E-state index < -0.39 is 0 Å². The third kappa shape index (κ3) is 3.10. The van der Waals surface area contributed by atoms with E-state index in [1.165, 1.54) is 0 Å². The maximum absolute atomic E-state index is 12.1. The van der Waals surface area contributed by atoms with Gasteiger partial charge in [-0.3, -0.25) is 4.79 Å². The van der Waals surface area contributed by atoms with Gasteiger partial charge in [0.1, 0.15) is 11.5 Å². The van der Waals surface area contributed by atoms with Crippen LogP contribution in [0.1, 0.15) is 53.6 Å². The molecule has 1 aliphatic heterocycles. The number of carbonyl (C=O) groups is 1. The number of amides is 1. The van der Waals surface area contributed by atoms with Crippen molar-refractivity contribution in [1.29, 1.82) is 0 Å². The Kier molecular flexibility index (Phi) is 3.46. The normalized spacial score (nSPS) is 22.5. The van der Waals surface area contributed by atoms with E-state index in [2.05, 4.69) is 15.3 Å². The predicted molar refractivity (Wildman–Crippen MR) is 70.1 cm³/mol. The van der Waals surface area contributed by atoms with Gasteiger partial charge in [0.2, 0.25) is 0 Å². The molecular weight excluding hydrogens is 242 g/mol. The molecule has 0 spiro atoms. The van der Waals surface area contributed by atoms with Gasteiger partial charge >= 0.3 is 0 Å². The van der Waals surface area contributed by atoms with E-state index in [-0.39, 0.29) is 12.0 Å². The highest BCUT2D eigenvalue weighted by Gasteiger charge is 2.27. The molecule has 1 aromatic rings. The lowest BCUT2D eigenvalue weighted by atomic mass is 10.2. The Morgan fingerprint density at radius 3 is 2.95 bits per heavy atom. The van der Waals surface area contributed by atoms with E-state index in [0.29, 0.717) is 18.2 Å². The minimum absolute atomic E-state index is 0.122. The molecule has 1 amide bonds. The number of hydrogen-bond acceptors (Lipinski definition) is 4. The molecule has 19 heavy (non-hydrogen) atoms. The molecule has 5 nitrogen and oxygen atoms in total. The lowest BCUT2D eigenvalue weighted by Crippen LogP contribution is -2.32. The van der Waals surface area contributed by atoms with Gasteiger partial charge in [0.15, 0.2) is 0 Å². The Morgan fingerprint density at radius 1 is 1.42 bits per heavy atom. The van der Waals surface area contributed by atoms with Gasteiger partial charge in [0.05, 0.1) is 6.10 Å². The van der Waals surface area contributed by atoms with Crippen LogP contribution in [0.2, 0.25) is 0 Å². The van der Waals surface area contributed by atoms with Crippen LogP contribution in [0.25, 0.3) is 0 Å². The minimum atomic E-state index is -0.122. The summed E-state index contributed by atoms with van der Waals surface area (Å²) in [5, 5.41) is 2.90. The van der Waals surface area contributed by atoms with Gasteiger partial charge in [-0.15, -0.1) is 0 Å². The van der Waals surface area contributed by atoms with Crippen molar-refractivity contribution in [3.8, 4) is 0 Å². The van der Waals surface area contributed by atoms with E-state index >= 15 is 0 Å². The Labute approximate surface area is 112 Å². The second-order valence-corrected chi connectivity index (χ2v) is 5.37. The predicted octanol–water partition coefficient (Wildman–Crippen LogP) is 1.57. The number of nitrogens with one attached hydrogen (secondary N) is 1. The van der Waals surface area contributed by atoms with Crippen LogP contribution >= 0.6 is 0 Å².